The number of carbonyl (C=O) groups is 1. The Morgan fingerprint density at radius 3 is 2.50 bits per heavy atom. The van der Waals surface area contributed by atoms with E-state index in [-0.39, 0.29) is 0 Å². The molecule has 8 heteroatoms. The second-order valence-electron chi connectivity index (χ2n) is 3.36. The van der Waals surface area contributed by atoms with Gasteiger partial charge in [0.15, 0.2) is 0 Å². The van der Waals surface area contributed by atoms with Crippen LogP contribution in [0.2, 0.25) is 0 Å². The van der Waals surface area contributed by atoms with Gasteiger partial charge in [-0.05, 0) is 19.2 Å². The van der Waals surface area contributed by atoms with Gasteiger partial charge in [0.05, 0.1) is 6.61 Å². The molecule has 0 radical (unpaired) electrons. The van der Waals surface area contributed by atoms with Gasteiger partial charge in [-0.1, -0.05) is 18.2 Å². The number of phosphoric ester groups is 1. The molecule has 1 aromatic carbocycles. The van der Waals surface area contributed by atoms with Gasteiger partial charge < -0.3 is 19.8 Å². The van der Waals surface area contributed by atoms with E-state index >= 15 is 0 Å². The van der Waals surface area contributed by atoms with E-state index < -0.39 is 26.4 Å². The topological polar surface area (TPSA) is 105 Å². The van der Waals surface area contributed by atoms with Gasteiger partial charge in [-0.25, -0.2) is 9.36 Å². The molecule has 0 aliphatic heterocycles. The summed E-state index contributed by atoms with van der Waals surface area (Å²) in [5.74, 6) is -0.337. The number of rotatable bonds is 6. The molecule has 0 saturated heterocycles. The van der Waals surface area contributed by atoms with Gasteiger partial charge in [-0.2, -0.15) is 0 Å². The maximum Gasteiger partial charge on any atom is 0.469 e. The average Bonchev–Trinajstić information content (AvgIpc) is 2.29. The Labute approximate surface area is 104 Å². The zero-order valence-corrected chi connectivity index (χ0v) is 10.5. The summed E-state index contributed by atoms with van der Waals surface area (Å²) in [5.41, 5.74) is 0. The van der Waals surface area contributed by atoms with Crippen molar-refractivity contribution in [2.75, 3.05) is 13.7 Å². The first-order valence-corrected chi connectivity index (χ1v) is 6.59. The first-order chi connectivity index (χ1) is 8.42. The molecular weight excluding hydrogens is 261 g/mol. The van der Waals surface area contributed by atoms with E-state index in [2.05, 4.69) is 9.84 Å². The van der Waals surface area contributed by atoms with Crippen LogP contribution in [0.15, 0.2) is 30.3 Å². The van der Waals surface area contributed by atoms with Crippen LogP contribution in [-0.4, -0.2) is 35.5 Å². The van der Waals surface area contributed by atoms with Crippen LogP contribution in [0.25, 0.3) is 0 Å². The van der Waals surface area contributed by atoms with Crippen LogP contribution < -0.4 is 10.1 Å². The third-order valence-corrected chi connectivity index (χ3v) is 2.49. The predicted molar refractivity (Wildman–Crippen MR) is 62.9 cm³/mol. The summed E-state index contributed by atoms with van der Waals surface area (Å²) < 4.78 is 19.8. The summed E-state index contributed by atoms with van der Waals surface area (Å²) in [6, 6.07) is 7.39. The number of benzene rings is 1. The molecule has 100 valence electrons. The highest BCUT2D eigenvalue weighted by molar-refractivity contribution is 7.46. The minimum Gasteiger partial charge on any atom is -0.425 e. The molecule has 0 amide bonds. The summed E-state index contributed by atoms with van der Waals surface area (Å²) in [6.45, 7) is -0.480. The smallest absolute Gasteiger partial charge is 0.425 e. The Bertz CT molecular complexity index is 431. The molecule has 18 heavy (non-hydrogen) atoms. The third-order valence-electron chi connectivity index (χ3n) is 2.00. The van der Waals surface area contributed by atoms with E-state index in [1.807, 2.05) is 0 Å². The van der Waals surface area contributed by atoms with Crippen LogP contribution in [0.4, 0.5) is 0 Å². The van der Waals surface area contributed by atoms with Crippen molar-refractivity contribution in [2.45, 2.75) is 6.04 Å². The van der Waals surface area contributed by atoms with Crippen molar-refractivity contribution in [1.29, 1.82) is 0 Å². The van der Waals surface area contributed by atoms with Gasteiger partial charge in [0.1, 0.15) is 11.8 Å². The van der Waals surface area contributed by atoms with E-state index in [1.165, 1.54) is 7.05 Å². The second kappa shape index (κ2) is 6.63. The normalized spacial score (nSPS) is 13.1. The summed E-state index contributed by atoms with van der Waals surface area (Å²) in [6.07, 6.45) is 0. The van der Waals surface area contributed by atoms with Crippen molar-refractivity contribution in [3.05, 3.63) is 30.3 Å². The number of hydrogen-bond acceptors (Lipinski definition) is 5. The molecule has 3 N–H and O–H groups in total. The SMILES string of the molecule is CN[C@@H](COP(=O)(O)O)C(=O)Oc1ccccc1. The summed E-state index contributed by atoms with van der Waals surface area (Å²) >= 11 is 0. The van der Waals surface area contributed by atoms with Gasteiger partial charge in [0, 0.05) is 0 Å². The highest BCUT2D eigenvalue weighted by Gasteiger charge is 2.23. The fourth-order valence-corrected chi connectivity index (χ4v) is 1.46. The molecule has 0 saturated carbocycles. The van der Waals surface area contributed by atoms with E-state index in [0.717, 1.165) is 0 Å². The van der Waals surface area contributed by atoms with Crippen LogP contribution in [0.1, 0.15) is 0 Å². The quantitative estimate of drug-likeness (QED) is 0.389. The average molecular weight is 275 g/mol. The number of likely N-dealkylation sites (N-methyl/N-ethyl adjacent to an activating group) is 1. The zero-order chi connectivity index (χ0) is 13.6. The van der Waals surface area contributed by atoms with Gasteiger partial charge in [0.25, 0.3) is 0 Å². The lowest BCUT2D eigenvalue weighted by molar-refractivity contribution is -0.137. The number of ether oxygens (including phenoxy) is 1. The molecule has 1 atom stereocenters. The van der Waals surface area contributed by atoms with Crippen LogP contribution in [0, 0.1) is 0 Å². The van der Waals surface area contributed by atoms with E-state index in [0.29, 0.717) is 5.75 Å². The Hall–Kier alpha value is -1.24. The first-order valence-electron chi connectivity index (χ1n) is 5.06. The van der Waals surface area contributed by atoms with Crippen LogP contribution in [-0.2, 0) is 13.9 Å². The van der Waals surface area contributed by atoms with Crippen molar-refractivity contribution in [2.24, 2.45) is 0 Å². The zero-order valence-electron chi connectivity index (χ0n) is 9.65. The van der Waals surface area contributed by atoms with E-state index in [4.69, 9.17) is 14.5 Å². The Morgan fingerprint density at radius 2 is 2.00 bits per heavy atom. The molecule has 0 aromatic heterocycles. The molecular formula is C10H14NO6P. The minimum absolute atomic E-state index is 0.346. The molecule has 7 nitrogen and oxygen atoms in total. The van der Waals surface area contributed by atoms with Crippen molar-refractivity contribution >= 4 is 13.8 Å². The molecule has 0 heterocycles. The lowest BCUT2D eigenvalue weighted by atomic mass is 10.3. The van der Waals surface area contributed by atoms with Gasteiger partial charge in [0.2, 0.25) is 0 Å². The number of nitrogens with one attached hydrogen (secondary N) is 1. The molecule has 0 aliphatic rings. The number of phosphoric acid groups is 1. The maximum absolute atomic E-state index is 11.6. The number of esters is 1. The molecule has 1 rings (SSSR count). The standard InChI is InChI=1S/C10H14NO6P/c1-11-9(7-16-18(13,14)15)10(12)17-8-5-3-2-4-6-8/h2-6,9,11H,7H2,1H3,(H2,13,14,15)/t9-/m0/s1. The highest BCUT2D eigenvalue weighted by Crippen LogP contribution is 2.35. The molecule has 0 spiro atoms. The Balaban J connectivity index is 2.55. The van der Waals surface area contributed by atoms with Crippen LogP contribution >= 0.6 is 7.82 Å². The summed E-state index contributed by atoms with van der Waals surface area (Å²) in [5, 5.41) is 2.55. The predicted octanol–water partition coefficient (Wildman–Crippen LogP) is 0.289. The van der Waals surface area contributed by atoms with E-state index in [9.17, 15) is 9.36 Å². The van der Waals surface area contributed by atoms with Crippen molar-refractivity contribution < 1.29 is 28.4 Å². The minimum atomic E-state index is -4.60. The largest absolute Gasteiger partial charge is 0.469 e. The van der Waals surface area contributed by atoms with Crippen molar-refractivity contribution in [3.63, 3.8) is 0 Å². The van der Waals surface area contributed by atoms with Crippen LogP contribution in [0.5, 0.6) is 5.75 Å². The first kappa shape index (κ1) is 14.8. The van der Waals surface area contributed by atoms with Crippen molar-refractivity contribution in [1.82, 2.24) is 5.32 Å². The molecule has 0 unspecified atom stereocenters. The third kappa shape index (κ3) is 5.39. The summed E-state index contributed by atoms with van der Waals surface area (Å²) in [7, 11) is -3.14. The molecule has 0 bridgehead atoms. The van der Waals surface area contributed by atoms with Gasteiger partial charge >= 0.3 is 13.8 Å². The Morgan fingerprint density at radius 1 is 1.39 bits per heavy atom. The van der Waals surface area contributed by atoms with E-state index in [1.54, 1.807) is 30.3 Å². The molecule has 0 aliphatic carbocycles. The van der Waals surface area contributed by atoms with Gasteiger partial charge in [-0.3, -0.25) is 4.52 Å². The van der Waals surface area contributed by atoms with Gasteiger partial charge in [-0.15, -0.1) is 0 Å². The maximum atomic E-state index is 11.6. The highest BCUT2D eigenvalue weighted by atomic mass is 31.2. The molecule has 0 fully saturated rings. The fraction of sp³-hybridized carbons (Fsp3) is 0.300. The number of carbonyl (C=O) groups excluding carboxylic acids is 1. The second-order valence-corrected chi connectivity index (χ2v) is 4.60. The number of hydrogen-bond donors (Lipinski definition) is 3. The Kier molecular flexibility index (Phi) is 5.46. The summed E-state index contributed by atoms with van der Waals surface area (Å²) in [4.78, 5) is 28.7. The lowest BCUT2D eigenvalue weighted by Gasteiger charge is -2.15. The van der Waals surface area contributed by atoms with Crippen LogP contribution in [0.3, 0.4) is 0 Å². The molecule has 1 aromatic rings. The monoisotopic (exact) mass is 275 g/mol. The van der Waals surface area contributed by atoms with Crippen molar-refractivity contribution in [3.8, 4) is 5.75 Å². The lowest BCUT2D eigenvalue weighted by Crippen LogP contribution is -2.40. The number of para-hydroxylation sites is 1. The fourth-order valence-electron chi connectivity index (χ4n) is 1.12.